The fourth-order valence-corrected chi connectivity index (χ4v) is 5.70. The Hall–Kier alpha value is -2.36. The fraction of sp³-hybridized carbons (Fsp3) is 0.556. The SMILES string of the molecule is CC(C)(c1cc(N)c(O)c(C2CCCCC2)c1)c1cc(N)c(O)c(C2CCCCC2)c1. The topological polar surface area (TPSA) is 92.5 Å². The Morgan fingerprint density at radius 2 is 1.00 bits per heavy atom. The Morgan fingerprint density at radius 3 is 1.35 bits per heavy atom. The van der Waals surface area contributed by atoms with Gasteiger partial charge in [0.2, 0.25) is 0 Å². The third-order valence-corrected chi connectivity index (χ3v) is 7.87. The van der Waals surface area contributed by atoms with Crippen LogP contribution in [0, 0.1) is 0 Å². The van der Waals surface area contributed by atoms with Crippen LogP contribution in [0.4, 0.5) is 11.4 Å². The van der Waals surface area contributed by atoms with Crippen molar-refractivity contribution in [2.45, 2.75) is 95.3 Å². The molecule has 2 aliphatic carbocycles. The van der Waals surface area contributed by atoms with Gasteiger partial charge in [-0.1, -0.05) is 64.5 Å². The van der Waals surface area contributed by atoms with E-state index in [0.717, 1.165) is 47.9 Å². The van der Waals surface area contributed by atoms with E-state index in [4.69, 9.17) is 11.5 Å². The summed E-state index contributed by atoms with van der Waals surface area (Å²) in [6.07, 6.45) is 11.8. The molecule has 6 N–H and O–H groups in total. The van der Waals surface area contributed by atoms with E-state index >= 15 is 0 Å². The molecule has 0 bridgehead atoms. The molecule has 31 heavy (non-hydrogen) atoms. The van der Waals surface area contributed by atoms with Gasteiger partial charge >= 0.3 is 0 Å². The molecule has 0 saturated heterocycles. The maximum absolute atomic E-state index is 10.7. The van der Waals surface area contributed by atoms with Crippen molar-refractivity contribution in [3.63, 3.8) is 0 Å². The standard InChI is InChI=1S/C27H38N2O2/c1-27(2,19-13-21(25(30)23(28)15-19)17-9-5-3-6-10-17)20-14-22(26(31)24(29)16-20)18-11-7-4-8-12-18/h13-18,30-31H,3-12,28-29H2,1-2H3. The number of phenols is 2. The van der Waals surface area contributed by atoms with Gasteiger partial charge in [-0.3, -0.25) is 0 Å². The summed E-state index contributed by atoms with van der Waals surface area (Å²) in [5, 5.41) is 21.5. The quantitative estimate of drug-likeness (QED) is 0.326. The van der Waals surface area contributed by atoms with Crippen LogP contribution in [-0.4, -0.2) is 10.2 Å². The lowest BCUT2D eigenvalue weighted by Gasteiger charge is -2.31. The molecule has 2 saturated carbocycles. The van der Waals surface area contributed by atoms with Crippen molar-refractivity contribution in [3.8, 4) is 11.5 Å². The Bertz CT molecular complexity index is 863. The van der Waals surface area contributed by atoms with Crippen molar-refractivity contribution in [2.24, 2.45) is 0 Å². The van der Waals surface area contributed by atoms with Crippen LogP contribution in [-0.2, 0) is 5.41 Å². The van der Waals surface area contributed by atoms with Crippen LogP contribution in [0.5, 0.6) is 11.5 Å². The first-order valence-electron chi connectivity index (χ1n) is 12.0. The second-order valence-electron chi connectivity index (χ2n) is 10.3. The minimum atomic E-state index is -0.351. The van der Waals surface area contributed by atoms with Gasteiger partial charge in [0, 0.05) is 5.41 Å². The molecular weight excluding hydrogens is 384 g/mol. The van der Waals surface area contributed by atoms with Crippen molar-refractivity contribution >= 4 is 11.4 Å². The van der Waals surface area contributed by atoms with E-state index in [0.29, 0.717) is 23.2 Å². The smallest absolute Gasteiger partial charge is 0.141 e. The monoisotopic (exact) mass is 422 g/mol. The summed E-state index contributed by atoms with van der Waals surface area (Å²) in [6.45, 7) is 4.36. The van der Waals surface area contributed by atoms with E-state index in [9.17, 15) is 10.2 Å². The van der Waals surface area contributed by atoms with Crippen LogP contribution in [0.25, 0.3) is 0 Å². The Labute approximate surface area is 186 Å². The number of hydrogen-bond acceptors (Lipinski definition) is 4. The van der Waals surface area contributed by atoms with Crippen LogP contribution in [0.15, 0.2) is 24.3 Å². The van der Waals surface area contributed by atoms with E-state index in [1.165, 1.54) is 38.5 Å². The lowest BCUT2D eigenvalue weighted by molar-refractivity contribution is 0.413. The van der Waals surface area contributed by atoms with E-state index in [-0.39, 0.29) is 16.9 Å². The highest BCUT2D eigenvalue weighted by Crippen LogP contribution is 2.46. The predicted molar refractivity (Wildman–Crippen MR) is 129 cm³/mol. The number of phenolic OH excluding ortho intramolecular Hbond substituents is 2. The van der Waals surface area contributed by atoms with Crippen molar-refractivity contribution in [1.82, 2.24) is 0 Å². The van der Waals surface area contributed by atoms with Crippen LogP contribution in [0.1, 0.15) is 112 Å². The molecule has 0 unspecified atom stereocenters. The highest BCUT2D eigenvalue weighted by molar-refractivity contribution is 5.64. The predicted octanol–water partition coefficient (Wildman–Crippen LogP) is 6.68. The van der Waals surface area contributed by atoms with E-state index in [2.05, 4.69) is 26.0 Å². The molecule has 0 spiro atoms. The Kier molecular flexibility index (Phi) is 6.09. The van der Waals surface area contributed by atoms with Gasteiger partial charge in [0.25, 0.3) is 0 Å². The van der Waals surface area contributed by atoms with Gasteiger partial charge in [-0.05, 0) is 71.9 Å². The lowest BCUT2D eigenvalue weighted by atomic mass is 9.73. The van der Waals surface area contributed by atoms with Crippen molar-refractivity contribution < 1.29 is 10.2 Å². The number of hydrogen-bond donors (Lipinski definition) is 4. The van der Waals surface area contributed by atoms with Crippen LogP contribution < -0.4 is 11.5 Å². The molecule has 0 heterocycles. The van der Waals surface area contributed by atoms with Gasteiger partial charge in [-0.25, -0.2) is 0 Å². The summed E-state index contributed by atoms with van der Waals surface area (Å²) >= 11 is 0. The molecule has 4 heteroatoms. The number of nitrogen functional groups attached to an aromatic ring is 2. The first-order valence-corrected chi connectivity index (χ1v) is 12.0. The van der Waals surface area contributed by atoms with Crippen LogP contribution in [0.2, 0.25) is 0 Å². The normalized spacial score (nSPS) is 18.9. The molecule has 168 valence electrons. The Morgan fingerprint density at radius 1 is 0.645 bits per heavy atom. The molecule has 2 fully saturated rings. The molecule has 0 aliphatic heterocycles. The first kappa shape index (κ1) is 21.9. The molecule has 0 radical (unpaired) electrons. The molecular formula is C27H38N2O2. The molecule has 2 aromatic rings. The highest BCUT2D eigenvalue weighted by atomic mass is 16.3. The third kappa shape index (κ3) is 4.22. The zero-order valence-corrected chi connectivity index (χ0v) is 19.1. The lowest BCUT2D eigenvalue weighted by Crippen LogP contribution is -2.21. The van der Waals surface area contributed by atoms with E-state index in [1.807, 2.05) is 12.1 Å². The zero-order valence-electron chi connectivity index (χ0n) is 19.1. The average molecular weight is 423 g/mol. The summed E-state index contributed by atoms with van der Waals surface area (Å²) < 4.78 is 0. The minimum Gasteiger partial charge on any atom is -0.505 e. The molecule has 0 aromatic heterocycles. The van der Waals surface area contributed by atoms with Gasteiger partial charge < -0.3 is 21.7 Å². The Balaban J connectivity index is 1.76. The second kappa shape index (κ2) is 8.64. The summed E-state index contributed by atoms with van der Waals surface area (Å²) in [7, 11) is 0. The van der Waals surface area contributed by atoms with E-state index in [1.54, 1.807) is 0 Å². The maximum Gasteiger partial charge on any atom is 0.141 e. The summed E-state index contributed by atoms with van der Waals surface area (Å²) in [5.41, 5.74) is 17.3. The highest BCUT2D eigenvalue weighted by Gasteiger charge is 2.30. The summed E-state index contributed by atoms with van der Waals surface area (Å²) in [4.78, 5) is 0. The molecule has 4 nitrogen and oxygen atoms in total. The van der Waals surface area contributed by atoms with Gasteiger partial charge in [-0.2, -0.15) is 0 Å². The van der Waals surface area contributed by atoms with Crippen LogP contribution >= 0.6 is 0 Å². The fourth-order valence-electron chi connectivity index (χ4n) is 5.70. The molecule has 0 amide bonds. The average Bonchev–Trinajstić information content (AvgIpc) is 2.78. The van der Waals surface area contributed by atoms with E-state index < -0.39 is 0 Å². The van der Waals surface area contributed by atoms with Crippen molar-refractivity contribution in [3.05, 3.63) is 46.5 Å². The summed E-state index contributed by atoms with van der Waals surface area (Å²) in [6, 6.07) is 8.13. The molecule has 0 atom stereocenters. The zero-order chi connectivity index (χ0) is 22.2. The van der Waals surface area contributed by atoms with Gasteiger partial charge in [0.05, 0.1) is 11.4 Å². The maximum atomic E-state index is 10.7. The van der Waals surface area contributed by atoms with Crippen molar-refractivity contribution in [2.75, 3.05) is 11.5 Å². The van der Waals surface area contributed by atoms with Gasteiger partial charge in [0.1, 0.15) is 11.5 Å². The summed E-state index contributed by atoms with van der Waals surface area (Å²) in [5.74, 6) is 1.24. The largest absolute Gasteiger partial charge is 0.505 e. The van der Waals surface area contributed by atoms with Crippen LogP contribution in [0.3, 0.4) is 0 Å². The minimum absolute atomic E-state index is 0.250. The number of nitrogens with two attached hydrogens (primary N) is 2. The number of benzene rings is 2. The first-order chi connectivity index (χ1) is 14.8. The third-order valence-electron chi connectivity index (χ3n) is 7.87. The number of rotatable bonds is 4. The number of anilines is 2. The number of aromatic hydroxyl groups is 2. The van der Waals surface area contributed by atoms with Crippen molar-refractivity contribution in [1.29, 1.82) is 0 Å². The molecule has 2 aromatic carbocycles. The van der Waals surface area contributed by atoms with Gasteiger partial charge in [-0.15, -0.1) is 0 Å². The second-order valence-corrected chi connectivity index (χ2v) is 10.3. The molecule has 2 aliphatic rings. The van der Waals surface area contributed by atoms with Gasteiger partial charge in [0.15, 0.2) is 0 Å². The molecule has 4 rings (SSSR count).